The van der Waals surface area contributed by atoms with Crippen LogP contribution >= 0.6 is 0 Å². The van der Waals surface area contributed by atoms with Crippen molar-refractivity contribution < 1.29 is 23.1 Å². The molecule has 126 valence electrons. The minimum atomic E-state index is -3.71. The van der Waals surface area contributed by atoms with Gasteiger partial charge < -0.3 is 10.4 Å². The summed E-state index contributed by atoms with van der Waals surface area (Å²) in [6.45, 7) is 1.86. The highest BCUT2D eigenvalue weighted by Crippen LogP contribution is 2.12. The van der Waals surface area contributed by atoms with E-state index in [1.54, 1.807) is 18.2 Å². The summed E-state index contributed by atoms with van der Waals surface area (Å²) in [5, 5.41) is 11.5. The topological polar surface area (TPSA) is 101 Å². The number of carbonyl (C=O) groups is 2. The zero-order valence-electron chi connectivity index (χ0n) is 13.0. The molecule has 0 saturated carbocycles. The van der Waals surface area contributed by atoms with E-state index in [1.165, 1.54) is 24.3 Å². The highest BCUT2D eigenvalue weighted by Gasteiger charge is 2.18. The van der Waals surface area contributed by atoms with Crippen molar-refractivity contribution in [3.63, 3.8) is 0 Å². The normalized spacial score (nSPS) is 11.0. The van der Waals surface area contributed by atoms with Crippen LogP contribution in [0.15, 0.2) is 48.5 Å². The first-order chi connectivity index (χ1) is 11.2. The Morgan fingerprint density at radius 3 is 2.46 bits per heavy atom. The van der Waals surface area contributed by atoms with E-state index in [0.29, 0.717) is 11.3 Å². The Kier molecular flexibility index (Phi) is 5.35. The van der Waals surface area contributed by atoms with Crippen molar-refractivity contribution >= 4 is 27.4 Å². The number of amides is 1. The van der Waals surface area contributed by atoms with Gasteiger partial charge >= 0.3 is 5.97 Å². The molecule has 0 bridgehead atoms. The van der Waals surface area contributed by atoms with E-state index in [4.69, 9.17) is 5.11 Å². The van der Waals surface area contributed by atoms with Crippen LogP contribution in [0.2, 0.25) is 0 Å². The van der Waals surface area contributed by atoms with Crippen molar-refractivity contribution in [1.29, 1.82) is 0 Å². The monoisotopic (exact) mass is 347 g/mol. The van der Waals surface area contributed by atoms with Gasteiger partial charge in [-0.3, -0.25) is 4.79 Å². The molecule has 2 aromatic carbocycles. The summed E-state index contributed by atoms with van der Waals surface area (Å²) in [6, 6.07) is 12.7. The minimum Gasteiger partial charge on any atom is -0.478 e. The smallest absolute Gasteiger partial charge is 0.335 e. The number of hydrogen-bond donors (Lipinski definition) is 2. The summed E-state index contributed by atoms with van der Waals surface area (Å²) < 4.78 is 24.3. The SMILES string of the molecule is Cc1cccc(NC(=O)CS(=O)(=O)Cc2cccc(C(=O)O)c2)c1. The molecule has 7 heteroatoms. The third-order valence-electron chi connectivity index (χ3n) is 3.21. The van der Waals surface area contributed by atoms with Gasteiger partial charge in [0, 0.05) is 5.69 Å². The molecule has 0 heterocycles. The maximum Gasteiger partial charge on any atom is 0.335 e. The fourth-order valence-electron chi connectivity index (χ4n) is 2.22. The summed E-state index contributed by atoms with van der Waals surface area (Å²) in [5.41, 5.74) is 1.81. The lowest BCUT2D eigenvalue weighted by Crippen LogP contribution is -2.24. The zero-order valence-corrected chi connectivity index (χ0v) is 13.8. The van der Waals surface area contributed by atoms with Crippen LogP contribution in [0.5, 0.6) is 0 Å². The number of hydrogen-bond acceptors (Lipinski definition) is 4. The van der Waals surface area contributed by atoms with E-state index in [9.17, 15) is 18.0 Å². The Balaban J connectivity index is 2.04. The van der Waals surface area contributed by atoms with E-state index in [1.807, 2.05) is 13.0 Å². The van der Waals surface area contributed by atoms with Gasteiger partial charge in [-0.05, 0) is 42.3 Å². The molecule has 0 aromatic heterocycles. The summed E-state index contributed by atoms with van der Waals surface area (Å²) in [4.78, 5) is 22.8. The second kappa shape index (κ2) is 7.27. The first kappa shape index (κ1) is 17.7. The predicted octanol–water partition coefficient (Wildman–Crippen LogP) is 2.25. The van der Waals surface area contributed by atoms with Crippen LogP contribution in [0, 0.1) is 6.92 Å². The number of anilines is 1. The van der Waals surface area contributed by atoms with E-state index >= 15 is 0 Å². The number of sulfone groups is 1. The lowest BCUT2D eigenvalue weighted by atomic mass is 10.1. The van der Waals surface area contributed by atoms with Gasteiger partial charge in [0.25, 0.3) is 0 Å². The highest BCUT2D eigenvalue weighted by molar-refractivity contribution is 7.91. The van der Waals surface area contributed by atoms with Gasteiger partial charge in [-0.2, -0.15) is 0 Å². The minimum absolute atomic E-state index is 0.00640. The number of carbonyl (C=O) groups excluding carboxylic acids is 1. The van der Waals surface area contributed by atoms with Gasteiger partial charge in [0.15, 0.2) is 9.84 Å². The van der Waals surface area contributed by atoms with Crippen molar-refractivity contribution in [2.24, 2.45) is 0 Å². The Morgan fingerprint density at radius 2 is 1.79 bits per heavy atom. The van der Waals surface area contributed by atoms with Gasteiger partial charge in [0.1, 0.15) is 5.75 Å². The van der Waals surface area contributed by atoms with Gasteiger partial charge in [-0.15, -0.1) is 0 Å². The zero-order chi connectivity index (χ0) is 17.7. The lowest BCUT2D eigenvalue weighted by molar-refractivity contribution is -0.113. The number of nitrogens with one attached hydrogen (secondary N) is 1. The number of aryl methyl sites for hydroxylation is 1. The number of rotatable bonds is 6. The molecule has 2 rings (SSSR count). The number of aromatic carboxylic acids is 1. The van der Waals surface area contributed by atoms with Gasteiger partial charge in [-0.1, -0.05) is 24.3 Å². The van der Waals surface area contributed by atoms with E-state index in [-0.39, 0.29) is 5.56 Å². The highest BCUT2D eigenvalue weighted by atomic mass is 32.2. The van der Waals surface area contributed by atoms with Crippen molar-refractivity contribution in [1.82, 2.24) is 0 Å². The molecule has 24 heavy (non-hydrogen) atoms. The molecule has 2 aromatic rings. The first-order valence-corrected chi connectivity index (χ1v) is 8.96. The average molecular weight is 347 g/mol. The van der Waals surface area contributed by atoms with E-state index in [0.717, 1.165) is 5.56 Å². The molecule has 0 saturated heterocycles. The van der Waals surface area contributed by atoms with Gasteiger partial charge in [-0.25, -0.2) is 13.2 Å². The molecule has 0 aliphatic carbocycles. The van der Waals surface area contributed by atoms with Crippen LogP contribution in [-0.4, -0.2) is 31.2 Å². The first-order valence-electron chi connectivity index (χ1n) is 7.14. The second-order valence-electron chi connectivity index (χ2n) is 5.46. The second-order valence-corrected chi connectivity index (χ2v) is 7.52. The Hall–Kier alpha value is -2.67. The molecule has 0 aliphatic heterocycles. The summed E-state index contributed by atoms with van der Waals surface area (Å²) >= 11 is 0. The maximum atomic E-state index is 12.1. The number of carboxylic acid groups (broad SMARTS) is 1. The third kappa shape index (κ3) is 5.20. The van der Waals surface area contributed by atoms with Crippen LogP contribution in [0.4, 0.5) is 5.69 Å². The Bertz CT molecular complexity index is 874. The van der Waals surface area contributed by atoms with Crippen LogP contribution in [0.25, 0.3) is 0 Å². The van der Waals surface area contributed by atoms with Crippen LogP contribution < -0.4 is 5.32 Å². The molecule has 0 aliphatic rings. The quantitative estimate of drug-likeness (QED) is 0.835. The van der Waals surface area contributed by atoms with Crippen LogP contribution in [0.1, 0.15) is 21.5 Å². The maximum absolute atomic E-state index is 12.1. The van der Waals surface area contributed by atoms with E-state index < -0.39 is 33.2 Å². The van der Waals surface area contributed by atoms with Crippen LogP contribution in [-0.2, 0) is 20.4 Å². The molecular formula is C17H17NO5S. The molecule has 0 unspecified atom stereocenters. The Morgan fingerprint density at radius 1 is 1.08 bits per heavy atom. The predicted molar refractivity (Wildman–Crippen MR) is 90.7 cm³/mol. The Labute approximate surface area is 140 Å². The molecule has 0 spiro atoms. The fraction of sp³-hybridized carbons (Fsp3) is 0.176. The third-order valence-corrected chi connectivity index (χ3v) is 4.69. The summed E-state index contributed by atoms with van der Waals surface area (Å²) in [5.74, 6) is -2.82. The molecule has 2 N–H and O–H groups in total. The summed E-state index contributed by atoms with van der Waals surface area (Å²) in [7, 11) is -3.71. The number of carboxylic acids is 1. The molecular weight excluding hydrogens is 330 g/mol. The average Bonchev–Trinajstić information content (AvgIpc) is 2.46. The largest absolute Gasteiger partial charge is 0.478 e. The van der Waals surface area contributed by atoms with Crippen molar-refractivity contribution in [3.05, 3.63) is 65.2 Å². The van der Waals surface area contributed by atoms with Gasteiger partial charge in [0.2, 0.25) is 5.91 Å². The molecule has 0 radical (unpaired) electrons. The molecule has 0 fully saturated rings. The fourth-order valence-corrected chi connectivity index (χ4v) is 3.48. The lowest BCUT2D eigenvalue weighted by Gasteiger charge is -2.07. The summed E-state index contributed by atoms with van der Waals surface area (Å²) in [6.07, 6.45) is 0. The van der Waals surface area contributed by atoms with Crippen molar-refractivity contribution in [3.8, 4) is 0 Å². The van der Waals surface area contributed by atoms with Crippen LogP contribution in [0.3, 0.4) is 0 Å². The molecule has 1 amide bonds. The molecule has 6 nitrogen and oxygen atoms in total. The van der Waals surface area contributed by atoms with E-state index in [2.05, 4.69) is 5.32 Å². The number of benzene rings is 2. The molecule has 0 atom stereocenters. The standard InChI is InChI=1S/C17H17NO5S/c1-12-4-2-7-15(8-12)18-16(19)11-24(22,23)10-13-5-3-6-14(9-13)17(20)21/h2-9H,10-11H2,1H3,(H,18,19)(H,20,21). The van der Waals surface area contributed by atoms with Crippen molar-refractivity contribution in [2.75, 3.05) is 11.1 Å². The van der Waals surface area contributed by atoms with Gasteiger partial charge in [0.05, 0.1) is 11.3 Å². The van der Waals surface area contributed by atoms with Crippen molar-refractivity contribution in [2.45, 2.75) is 12.7 Å².